The van der Waals surface area contributed by atoms with Crippen LogP contribution in [0.4, 0.5) is 0 Å². The van der Waals surface area contributed by atoms with Gasteiger partial charge in [0.25, 0.3) is 0 Å². The van der Waals surface area contributed by atoms with E-state index < -0.39 is 0 Å². The van der Waals surface area contributed by atoms with E-state index in [1.807, 2.05) is 30.5 Å². The molecule has 4 heteroatoms. The Balaban J connectivity index is 2.40. The molecule has 0 aromatic heterocycles. The maximum atomic E-state index is 5.44. The third-order valence-corrected chi connectivity index (χ3v) is 2.62. The zero-order valence-corrected chi connectivity index (χ0v) is 9.66. The van der Waals surface area contributed by atoms with Gasteiger partial charge in [-0.15, -0.1) is 11.8 Å². The second-order valence-electron chi connectivity index (χ2n) is 2.74. The van der Waals surface area contributed by atoms with Crippen LogP contribution in [0.1, 0.15) is 6.42 Å². The lowest BCUT2D eigenvalue weighted by Crippen LogP contribution is -2.12. The van der Waals surface area contributed by atoms with E-state index >= 15 is 0 Å². The number of nitrogens with two attached hydrogens (primary N) is 1. The summed E-state index contributed by atoms with van der Waals surface area (Å²) in [7, 11) is 0. The molecule has 0 amide bonds. The first-order chi connectivity index (χ1) is 6.72. The highest BCUT2D eigenvalue weighted by Gasteiger charge is 1.95. The normalized spacial score (nSPS) is 9.79. The predicted octanol–water partition coefficient (Wildman–Crippen LogP) is 2.46. The Bertz CT molecular complexity index is 297. The van der Waals surface area contributed by atoms with Crippen molar-refractivity contribution >= 4 is 29.0 Å². The van der Waals surface area contributed by atoms with Crippen LogP contribution >= 0.6 is 24.0 Å². The largest absolute Gasteiger partial charge is 0.493 e. The average Bonchev–Trinajstić information content (AvgIpc) is 2.18. The van der Waals surface area contributed by atoms with Gasteiger partial charge in [0.15, 0.2) is 0 Å². The van der Waals surface area contributed by atoms with Crippen LogP contribution in [0.25, 0.3) is 0 Å². The highest BCUT2D eigenvalue weighted by Crippen LogP contribution is 2.18. The van der Waals surface area contributed by atoms with Crippen LogP contribution in [0.3, 0.4) is 0 Å². The molecule has 2 N–H and O–H groups in total. The molecule has 0 aliphatic carbocycles. The first kappa shape index (κ1) is 11.3. The highest BCUT2D eigenvalue weighted by atomic mass is 32.2. The Labute approximate surface area is 93.8 Å². The van der Waals surface area contributed by atoms with E-state index in [9.17, 15) is 0 Å². The molecule has 0 saturated heterocycles. The summed E-state index contributed by atoms with van der Waals surface area (Å²) in [6.45, 7) is 0.550. The van der Waals surface area contributed by atoms with Gasteiger partial charge < -0.3 is 10.5 Å². The molecule has 1 rings (SSSR count). The fourth-order valence-electron chi connectivity index (χ4n) is 0.941. The Morgan fingerprint density at radius 3 is 2.57 bits per heavy atom. The van der Waals surface area contributed by atoms with Gasteiger partial charge in [0.1, 0.15) is 5.75 Å². The summed E-state index contributed by atoms with van der Waals surface area (Å²) in [5.74, 6) is 0.860. The molecule has 0 fully saturated rings. The van der Waals surface area contributed by atoms with E-state index in [2.05, 4.69) is 0 Å². The maximum Gasteiger partial charge on any atom is 0.119 e. The van der Waals surface area contributed by atoms with Gasteiger partial charge >= 0.3 is 0 Å². The molecule has 0 bridgehead atoms. The number of benzene rings is 1. The van der Waals surface area contributed by atoms with Gasteiger partial charge in [-0.2, -0.15) is 0 Å². The zero-order valence-electron chi connectivity index (χ0n) is 8.03. The lowest BCUT2D eigenvalue weighted by atomic mass is 10.3. The number of hydrogen-bond acceptors (Lipinski definition) is 3. The van der Waals surface area contributed by atoms with Crippen LogP contribution < -0.4 is 10.5 Å². The van der Waals surface area contributed by atoms with Crippen LogP contribution in [0.5, 0.6) is 5.75 Å². The van der Waals surface area contributed by atoms with Gasteiger partial charge in [-0.05, 0) is 30.5 Å². The van der Waals surface area contributed by atoms with E-state index in [0.29, 0.717) is 18.0 Å². The summed E-state index contributed by atoms with van der Waals surface area (Å²) in [6, 6.07) is 7.96. The van der Waals surface area contributed by atoms with E-state index in [4.69, 9.17) is 22.7 Å². The molecule has 14 heavy (non-hydrogen) atoms. The van der Waals surface area contributed by atoms with Crippen molar-refractivity contribution in [2.45, 2.75) is 11.3 Å². The van der Waals surface area contributed by atoms with Crippen molar-refractivity contribution in [1.29, 1.82) is 0 Å². The highest BCUT2D eigenvalue weighted by molar-refractivity contribution is 7.98. The quantitative estimate of drug-likeness (QED) is 0.619. The van der Waals surface area contributed by atoms with E-state index in [1.165, 1.54) is 4.90 Å². The molecule has 0 radical (unpaired) electrons. The van der Waals surface area contributed by atoms with Gasteiger partial charge in [0, 0.05) is 11.3 Å². The summed E-state index contributed by atoms with van der Waals surface area (Å²) < 4.78 is 5.44. The van der Waals surface area contributed by atoms with Gasteiger partial charge in [-0.25, -0.2) is 0 Å². The van der Waals surface area contributed by atoms with E-state index in [0.717, 1.165) is 5.75 Å². The molecule has 1 aromatic rings. The Morgan fingerprint density at radius 1 is 1.43 bits per heavy atom. The lowest BCUT2D eigenvalue weighted by Gasteiger charge is -2.05. The van der Waals surface area contributed by atoms with Gasteiger partial charge in [-0.1, -0.05) is 12.2 Å². The zero-order chi connectivity index (χ0) is 10.4. The molecule has 0 aliphatic rings. The molecule has 0 unspecified atom stereocenters. The number of thioether (sulfide) groups is 1. The number of hydrogen-bond donors (Lipinski definition) is 1. The topological polar surface area (TPSA) is 35.2 Å². The number of rotatable bonds is 5. The summed E-state index contributed by atoms with van der Waals surface area (Å²) in [5.41, 5.74) is 5.35. The summed E-state index contributed by atoms with van der Waals surface area (Å²) in [5, 5.41) is 0. The van der Waals surface area contributed by atoms with Crippen LogP contribution in [0.15, 0.2) is 29.2 Å². The standard InChI is InChI=1S/C10H13NOS2/c1-14-9-4-2-8(3-5-9)12-7-6-10(11)13/h2-5H,6-7H2,1H3,(H2,11,13). The van der Waals surface area contributed by atoms with Crippen molar-refractivity contribution in [2.75, 3.05) is 12.9 Å². The van der Waals surface area contributed by atoms with Crippen LogP contribution in [-0.4, -0.2) is 17.9 Å². The smallest absolute Gasteiger partial charge is 0.119 e. The first-order valence-electron chi connectivity index (χ1n) is 4.27. The molecule has 2 nitrogen and oxygen atoms in total. The summed E-state index contributed by atoms with van der Waals surface area (Å²) in [4.78, 5) is 1.72. The Hall–Kier alpha value is -0.740. The molecule has 0 saturated carbocycles. The number of ether oxygens (including phenoxy) is 1. The fraction of sp³-hybridized carbons (Fsp3) is 0.300. The molecule has 0 spiro atoms. The van der Waals surface area contributed by atoms with Crippen LogP contribution in [0, 0.1) is 0 Å². The van der Waals surface area contributed by atoms with E-state index in [-0.39, 0.29) is 0 Å². The van der Waals surface area contributed by atoms with Crippen molar-refractivity contribution in [3.63, 3.8) is 0 Å². The Morgan fingerprint density at radius 2 is 2.07 bits per heavy atom. The van der Waals surface area contributed by atoms with Crippen molar-refractivity contribution < 1.29 is 4.74 Å². The number of thiocarbonyl (C=S) groups is 1. The second kappa shape index (κ2) is 5.88. The second-order valence-corrected chi connectivity index (χ2v) is 4.14. The fourth-order valence-corrected chi connectivity index (χ4v) is 1.43. The minimum atomic E-state index is 0.491. The molecule has 1 aromatic carbocycles. The monoisotopic (exact) mass is 227 g/mol. The molecule has 0 atom stereocenters. The van der Waals surface area contributed by atoms with Crippen molar-refractivity contribution in [3.8, 4) is 5.75 Å². The molecular formula is C10H13NOS2. The molecule has 76 valence electrons. The predicted molar refractivity (Wildman–Crippen MR) is 65.1 cm³/mol. The molecular weight excluding hydrogens is 214 g/mol. The van der Waals surface area contributed by atoms with Gasteiger partial charge in [0.05, 0.1) is 11.6 Å². The minimum absolute atomic E-state index is 0.491. The van der Waals surface area contributed by atoms with Crippen LogP contribution in [0.2, 0.25) is 0 Å². The van der Waals surface area contributed by atoms with E-state index in [1.54, 1.807) is 11.8 Å². The SMILES string of the molecule is CSc1ccc(OCCC(N)=S)cc1. The minimum Gasteiger partial charge on any atom is -0.493 e. The summed E-state index contributed by atoms with van der Waals surface area (Å²) >= 11 is 6.45. The first-order valence-corrected chi connectivity index (χ1v) is 5.91. The molecule has 0 heterocycles. The third kappa shape index (κ3) is 3.98. The lowest BCUT2D eigenvalue weighted by molar-refractivity contribution is 0.329. The van der Waals surface area contributed by atoms with Gasteiger partial charge in [0.2, 0.25) is 0 Å². The van der Waals surface area contributed by atoms with Crippen molar-refractivity contribution in [2.24, 2.45) is 5.73 Å². The Kier molecular flexibility index (Phi) is 4.76. The molecule has 0 aliphatic heterocycles. The van der Waals surface area contributed by atoms with Crippen molar-refractivity contribution in [1.82, 2.24) is 0 Å². The van der Waals surface area contributed by atoms with Gasteiger partial charge in [-0.3, -0.25) is 0 Å². The van der Waals surface area contributed by atoms with Crippen molar-refractivity contribution in [3.05, 3.63) is 24.3 Å². The van der Waals surface area contributed by atoms with Crippen LogP contribution in [-0.2, 0) is 0 Å². The average molecular weight is 227 g/mol. The third-order valence-electron chi connectivity index (χ3n) is 1.68. The summed E-state index contributed by atoms with van der Waals surface area (Å²) in [6.07, 6.45) is 2.67. The maximum absolute atomic E-state index is 5.44.